The zero-order valence-corrected chi connectivity index (χ0v) is 12.9. The Kier molecular flexibility index (Phi) is 4.47. The molecule has 0 aliphatic rings. The predicted molar refractivity (Wildman–Crippen MR) is 84.2 cm³/mol. The fourth-order valence-corrected chi connectivity index (χ4v) is 2.15. The predicted octanol–water partition coefficient (Wildman–Crippen LogP) is 3.76. The number of nitrogens with one attached hydrogen (secondary N) is 2. The van der Waals surface area contributed by atoms with E-state index in [0.717, 1.165) is 26.5 Å². The molecule has 0 aliphatic heterocycles. The van der Waals surface area contributed by atoms with Crippen LogP contribution >= 0.6 is 22.6 Å². The van der Waals surface area contributed by atoms with Gasteiger partial charge in [0.25, 0.3) is 0 Å². The highest BCUT2D eigenvalue weighted by Gasteiger charge is 2.03. The zero-order valence-electron chi connectivity index (χ0n) is 10.8. The average molecular weight is 370 g/mol. The molecule has 1 amide bonds. The second-order valence-corrected chi connectivity index (χ2v) is 5.33. The maximum Gasteiger partial charge on any atom is 0.221 e. The van der Waals surface area contributed by atoms with Crippen molar-refractivity contribution in [2.45, 2.75) is 20.4 Å². The number of hydrogen-bond donors (Lipinski definition) is 2. The summed E-state index contributed by atoms with van der Waals surface area (Å²) < 4.78 is 6.35. The average Bonchev–Trinajstić information content (AvgIpc) is 2.75. The maximum atomic E-state index is 11.1. The molecule has 4 nitrogen and oxygen atoms in total. The number of halogens is 1. The summed E-state index contributed by atoms with van der Waals surface area (Å²) in [4.78, 5) is 11.1. The molecule has 1 aromatic heterocycles. The number of carbonyl (C=O) groups excluding carboxylic acids is 1. The molecule has 0 bridgehead atoms. The Balaban J connectivity index is 2.06. The van der Waals surface area contributed by atoms with Gasteiger partial charge < -0.3 is 15.1 Å². The van der Waals surface area contributed by atoms with Gasteiger partial charge in [0.15, 0.2) is 3.77 Å². The van der Waals surface area contributed by atoms with Crippen LogP contribution < -0.4 is 10.6 Å². The van der Waals surface area contributed by atoms with Crippen LogP contribution in [0.4, 0.5) is 11.4 Å². The number of amides is 1. The molecule has 100 valence electrons. The van der Waals surface area contributed by atoms with Gasteiger partial charge in [-0.3, -0.25) is 4.79 Å². The molecular weight excluding hydrogens is 355 g/mol. The number of hydrogen-bond acceptors (Lipinski definition) is 3. The zero-order chi connectivity index (χ0) is 13.8. The summed E-state index contributed by atoms with van der Waals surface area (Å²) >= 11 is 2.14. The lowest BCUT2D eigenvalue weighted by Crippen LogP contribution is -2.08. The molecule has 2 N–H and O–H groups in total. The summed E-state index contributed by atoms with van der Waals surface area (Å²) in [6.07, 6.45) is 0. The Morgan fingerprint density at radius 1 is 1.32 bits per heavy atom. The van der Waals surface area contributed by atoms with E-state index in [4.69, 9.17) is 4.42 Å². The lowest BCUT2D eigenvalue weighted by Gasteiger charge is -2.10. The van der Waals surface area contributed by atoms with Gasteiger partial charge in [0.1, 0.15) is 5.76 Å². The first-order chi connectivity index (χ1) is 9.04. The molecule has 2 rings (SSSR count). The number of carbonyl (C=O) groups is 1. The van der Waals surface area contributed by atoms with Gasteiger partial charge >= 0.3 is 0 Å². The smallest absolute Gasteiger partial charge is 0.221 e. The number of anilines is 2. The van der Waals surface area contributed by atoms with Crippen LogP contribution in [0.3, 0.4) is 0 Å². The topological polar surface area (TPSA) is 54.3 Å². The van der Waals surface area contributed by atoms with Crippen LogP contribution in [0.25, 0.3) is 0 Å². The first-order valence-corrected chi connectivity index (χ1v) is 6.99. The van der Waals surface area contributed by atoms with Crippen LogP contribution in [0, 0.1) is 10.7 Å². The highest BCUT2D eigenvalue weighted by Crippen LogP contribution is 2.21. The van der Waals surface area contributed by atoms with Crippen LogP contribution in [0.1, 0.15) is 18.2 Å². The highest BCUT2D eigenvalue weighted by atomic mass is 127. The van der Waals surface area contributed by atoms with E-state index in [2.05, 4.69) is 33.2 Å². The summed E-state index contributed by atoms with van der Waals surface area (Å²) in [6, 6.07) is 9.74. The minimum atomic E-state index is -0.0687. The van der Waals surface area contributed by atoms with E-state index >= 15 is 0 Å². The lowest BCUT2D eigenvalue weighted by atomic mass is 10.1. The van der Waals surface area contributed by atoms with Crippen molar-refractivity contribution in [1.82, 2.24) is 0 Å². The monoisotopic (exact) mass is 370 g/mol. The van der Waals surface area contributed by atoms with Gasteiger partial charge in [-0.1, -0.05) is 6.07 Å². The molecule has 0 saturated carbocycles. The Morgan fingerprint density at radius 2 is 2.11 bits per heavy atom. The normalized spacial score (nSPS) is 10.3. The molecule has 0 aliphatic carbocycles. The van der Waals surface area contributed by atoms with Crippen molar-refractivity contribution < 1.29 is 9.21 Å². The molecule has 1 heterocycles. The standard InChI is InChI=1S/C14H15IN2O2/c1-9-3-4-11(7-13(9)17-10(2)18)16-8-12-5-6-14(15)19-12/h3-7,16H,8H2,1-2H3,(H,17,18). The van der Waals surface area contributed by atoms with E-state index in [0.29, 0.717) is 6.54 Å². The molecule has 0 radical (unpaired) electrons. The first-order valence-electron chi connectivity index (χ1n) is 5.91. The Bertz CT molecular complexity index is 593. The lowest BCUT2D eigenvalue weighted by molar-refractivity contribution is -0.114. The highest BCUT2D eigenvalue weighted by molar-refractivity contribution is 14.1. The van der Waals surface area contributed by atoms with Crippen molar-refractivity contribution in [3.8, 4) is 0 Å². The number of furan rings is 1. The van der Waals surface area contributed by atoms with Crippen molar-refractivity contribution in [2.24, 2.45) is 0 Å². The van der Waals surface area contributed by atoms with Crippen molar-refractivity contribution in [1.29, 1.82) is 0 Å². The number of aryl methyl sites for hydroxylation is 1. The van der Waals surface area contributed by atoms with Gasteiger partial charge in [-0.25, -0.2) is 0 Å². The Labute approximate surface area is 125 Å². The summed E-state index contributed by atoms with van der Waals surface area (Å²) in [5.74, 6) is 0.812. The second kappa shape index (κ2) is 6.10. The van der Waals surface area contributed by atoms with Gasteiger partial charge in [0.05, 0.1) is 6.54 Å². The largest absolute Gasteiger partial charge is 0.454 e. The molecule has 5 heteroatoms. The van der Waals surface area contributed by atoms with Crippen molar-refractivity contribution >= 4 is 39.9 Å². The van der Waals surface area contributed by atoms with E-state index in [1.807, 2.05) is 37.3 Å². The molecule has 19 heavy (non-hydrogen) atoms. The van der Waals surface area contributed by atoms with Gasteiger partial charge in [-0.2, -0.15) is 0 Å². The summed E-state index contributed by atoms with van der Waals surface area (Å²) in [7, 11) is 0. The van der Waals surface area contributed by atoms with Gasteiger partial charge in [-0.05, 0) is 59.3 Å². The van der Waals surface area contributed by atoms with Crippen LogP contribution in [0.5, 0.6) is 0 Å². The van der Waals surface area contributed by atoms with Crippen molar-refractivity contribution in [3.63, 3.8) is 0 Å². The molecule has 0 saturated heterocycles. The molecule has 0 spiro atoms. The third-order valence-corrected chi connectivity index (χ3v) is 3.22. The van der Waals surface area contributed by atoms with E-state index in [1.54, 1.807) is 0 Å². The fourth-order valence-electron chi connectivity index (χ4n) is 1.69. The minimum absolute atomic E-state index is 0.0687. The summed E-state index contributed by atoms with van der Waals surface area (Å²) in [6.45, 7) is 4.08. The van der Waals surface area contributed by atoms with Crippen LogP contribution in [0.2, 0.25) is 0 Å². The minimum Gasteiger partial charge on any atom is -0.454 e. The Hall–Kier alpha value is -1.50. The molecule has 1 aromatic carbocycles. The summed E-state index contributed by atoms with van der Waals surface area (Å²) in [5.41, 5.74) is 2.81. The molecule has 0 unspecified atom stereocenters. The van der Waals surface area contributed by atoms with E-state index in [-0.39, 0.29) is 5.91 Å². The second-order valence-electron chi connectivity index (χ2n) is 4.27. The third-order valence-electron chi connectivity index (χ3n) is 2.64. The van der Waals surface area contributed by atoms with Crippen molar-refractivity contribution in [2.75, 3.05) is 10.6 Å². The first kappa shape index (κ1) is 13.9. The van der Waals surface area contributed by atoms with Crippen LogP contribution in [0.15, 0.2) is 34.7 Å². The number of rotatable bonds is 4. The fraction of sp³-hybridized carbons (Fsp3) is 0.214. The molecule has 2 aromatic rings. The quantitative estimate of drug-likeness (QED) is 0.806. The van der Waals surface area contributed by atoms with E-state index in [9.17, 15) is 4.79 Å². The molecule has 0 fully saturated rings. The molecule has 0 atom stereocenters. The Morgan fingerprint density at radius 3 is 2.74 bits per heavy atom. The summed E-state index contributed by atoms with van der Waals surface area (Å²) in [5, 5.41) is 6.08. The molecular formula is C14H15IN2O2. The number of benzene rings is 1. The third kappa shape index (κ3) is 3.99. The van der Waals surface area contributed by atoms with Crippen LogP contribution in [-0.4, -0.2) is 5.91 Å². The van der Waals surface area contributed by atoms with E-state index in [1.165, 1.54) is 6.92 Å². The van der Waals surface area contributed by atoms with E-state index < -0.39 is 0 Å². The van der Waals surface area contributed by atoms with Gasteiger partial charge in [0.2, 0.25) is 5.91 Å². The van der Waals surface area contributed by atoms with Crippen LogP contribution in [-0.2, 0) is 11.3 Å². The van der Waals surface area contributed by atoms with Gasteiger partial charge in [0, 0.05) is 18.3 Å². The SMILES string of the molecule is CC(=O)Nc1cc(NCc2ccc(I)o2)ccc1C. The van der Waals surface area contributed by atoms with Gasteiger partial charge in [-0.15, -0.1) is 0 Å². The maximum absolute atomic E-state index is 11.1. The van der Waals surface area contributed by atoms with Crippen molar-refractivity contribution in [3.05, 3.63) is 45.4 Å².